The average Bonchev–Trinajstić information content (AvgIpc) is 2.25. The molecule has 1 rings (SSSR count). The second-order valence-electron chi connectivity index (χ2n) is 3.76. The molecule has 0 radical (unpaired) electrons. The van der Waals surface area contributed by atoms with Gasteiger partial charge < -0.3 is 4.74 Å². The Hall–Kier alpha value is -1.21. The van der Waals surface area contributed by atoms with Gasteiger partial charge in [0.05, 0.1) is 5.02 Å². The second kappa shape index (κ2) is 6.39. The zero-order valence-electron chi connectivity index (χ0n) is 9.96. The standard InChI is InChI=1S/C14H17ClO/c1-4-5-6-12(3)10-16-14-8-7-11(2)9-13(14)15/h4-9H,10H2,1-3H3/b5-4-,12-6+. The van der Waals surface area contributed by atoms with Crippen molar-refractivity contribution in [1.82, 2.24) is 0 Å². The summed E-state index contributed by atoms with van der Waals surface area (Å²) in [6, 6.07) is 5.80. The predicted molar refractivity (Wildman–Crippen MR) is 70.3 cm³/mol. The zero-order valence-corrected chi connectivity index (χ0v) is 10.7. The fraction of sp³-hybridized carbons (Fsp3) is 0.286. The van der Waals surface area contributed by atoms with Crippen molar-refractivity contribution in [3.63, 3.8) is 0 Å². The van der Waals surface area contributed by atoms with Gasteiger partial charge in [-0.3, -0.25) is 0 Å². The van der Waals surface area contributed by atoms with Crippen molar-refractivity contribution >= 4 is 11.6 Å². The van der Waals surface area contributed by atoms with Gasteiger partial charge >= 0.3 is 0 Å². The molecule has 1 aromatic carbocycles. The van der Waals surface area contributed by atoms with Gasteiger partial charge in [0.25, 0.3) is 0 Å². The highest BCUT2D eigenvalue weighted by atomic mass is 35.5. The Morgan fingerprint density at radius 1 is 1.44 bits per heavy atom. The van der Waals surface area contributed by atoms with Crippen LogP contribution in [0.2, 0.25) is 5.02 Å². The van der Waals surface area contributed by atoms with Gasteiger partial charge in [-0.15, -0.1) is 0 Å². The highest BCUT2D eigenvalue weighted by Gasteiger charge is 2.01. The molecule has 1 aromatic rings. The fourth-order valence-electron chi connectivity index (χ4n) is 1.22. The van der Waals surface area contributed by atoms with Crippen LogP contribution in [0, 0.1) is 6.92 Å². The summed E-state index contributed by atoms with van der Waals surface area (Å²) in [5.41, 5.74) is 2.30. The van der Waals surface area contributed by atoms with Crippen molar-refractivity contribution in [2.24, 2.45) is 0 Å². The van der Waals surface area contributed by atoms with E-state index in [1.807, 2.05) is 57.2 Å². The monoisotopic (exact) mass is 236 g/mol. The van der Waals surface area contributed by atoms with Crippen LogP contribution in [0.25, 0.3) is 0 Å². The number of aryl methyl sites for hydroxylation is 1. The van der Waals surface area contributed by atoms with Crippen molar-refractivity contribution in [3.8, 4) is 5.75 Å². The Balaban J connectivity index is 2.61. The van der Waals surface area contributed by atoms with E-state index >= 15 is 0 Å². The number of benzene rings is 1. The molecule has 2 heteroatoms. The second-order valence-corrected chi connectivity index (χ2v) is 4.17. The number of allylic oxidation sites excluding steroid dienone is 3. The first-order valence-corrected chi connectivity index (χ1v) is 5.68. The molecule has 0 aliphatic carbocycles. The van der Waals surface area contributed by atoms with Crippen LogP contribution in [-0.2, 0) is 0 Å². The summed E-state index contributed by atoms with van der Waals surface area (Å²) in [6.45, 7) is 6.59. The van der Waals surface area contributed by atoms with Gasteiger partial charge in [0, 0.05) is 0 Å². The molecule has 0 aliphatic rings. The number of hydrogen-bond donors (Lipinski definition) is 0. The summed E-state index contributed by atoms with van der Waals surface area (Å²) in [6.07, 6.45) is 6.01. The summed E-state index contributed by atoms with van der Waals surface area (Å²) >= 11 is 6.06. The minimum atomic E-state index is 0.563. The molecule has 1 nitrogen and oxygen atoms in total. The lowest BCUT2D eigenvalue weighted by atomic mass is 10.2. The smallest absolute Gasteiger partial charge is 0.138 e. The minimum Gasteiger partial charge on any atom is -0.488 e. The fourth-order valence-corrected chi connectivity index (χ4v) is 1.51. The van der Waals surface area contributed by atoms with E-state index in [0.717, 1.165) is 16.9 Å². The lowest BCUT2D eigenvalue weighted by Gasteiger charge is -2.08. The van der Waals surface area contributed by atoms with Crippen LogP contribution < -0.4 is 4.74 Å². The summed E-state index contributed by atoms with van der Waals surface area (Å²) in [7, 11) is 0. The van der Waals surface area contributed by atoms with Crippen LogP contribution in [0.3, 0.4) is 0 Å². The maximum Gasteiger partial charge on any atom is 0.138 e. The van der Waals surface area contributed by atoms with E-state index < -0.39 is 0 Å². The molecular weight excluding hydrogens is 220 g/mol. The maximum atomic E-state index is 6.06. The molecule has 0 heterocycles. The van der Waals surface area contributed by atoms with Gasteiger partial charge in [-0.25, -0.2) is 0 Å². The molecule has 0 aromatic heterocycles. The normalized spacial score (nSPS) is 12.1. The highest BCUT2D eigenvalue weighted by molar-refractivity contribution is 6.32. The van der Waals surface area contributed by atoms with Crippen molar-refractivity contribution in [1.29, 1.82) is 0 Å². The van der Waals surface area contributed by atoms with Crippen molar-refractivity contribution in [2.45, 2.75) is 20.8 Å². The van der Waals surface area contributed by atoms with Gasteiger partial charge in [0.2, 0.25) is 0 Å². The first-order chi connectivity index (χ1) is 7.63. The first kappa shape index (κ1) is 12.9. The van der Waals surface area contributed by atoms with E-state index in [-0.39, 0.29) is 0 Å². The van der Waals surface area contributed by atoms with E-state index in [1.54, 1.807) is 0 Å². The summed E-state index contributed by atoms with van der Waals surface area (Å²) in [4.78, 5) is 0. The molecule has 0 atom stereocenters. The summed E-state index contributed by atoms with van der Waals surface area (Å²) < 4.78 is 5.62. The Morgan fingerprint density at radius 2 is 2.19 bits per heavy atom. The number of ether oxygens (including phenoxy) is 1. The van der Waals surface area contributed by atoms with Gasteiger partial charge in [-0.1, -0.05) is 35.9 Å². The Kier molecular flexibility index (Phi) is 5.13. The van der Waals surface area contributed by atoms with Crippen LogP contribution in [0.5, 0.6) is 5.75 Å². The molecule has 0 fully saturated rings. The summed E-state index contributed by atoms with van der Waals surface area (Å²) in [5.74, 6) is 0.737. The number of rotatable bonds is 4. The molecule has 0 N–H and O–H groups in total. The van der Waals surface area contributed by atoms with E-state index in [0.29, 0.717) is 11.6 Å². The Morgan fingerprint density at radius 3 is 2.81 bits per heavy atom. The van der Waals surface area contributed by atoms with Crippen LogP contribution in [0.4, 0.5) is 0 Å². The average molecular weight is 237 g/mol. The third kappa shape index (κ3) is 4.11. The number of halogens is 1. The molecule has 0 spiro atoms. The zero-order chi connectivity index (χ0) is 12.0. The molecule has 0 saturated heterocycles. The Bertz CT molecular complexity index is 405. The van der Waals surface area contributed by atoms with Gasteiger partial charge in [-0.05, 0) is 44.0 Å². The molecule has 86 valence electrons. The third-order valence-corrected chi connectivity index (χ3v) is 2.41. The molecule has 0 amide bonds. The van der Waals surface area contributed by atoms with Crippen LogP contribution in [0.1, 0.15) is 19.4 Å². The van der Waals surface area contributed by atoms with E-state index in [4.69, 9.17) is 16.3 Å². The van der Waals surface area contributed by atoms with Crippen molar-refractivity contribution in [3.05, 3.63) is 52.6 Å². The van der Waals surface area contributed by atoms with Crippen molar-refractivity contribution in [2.75, 3.05) is 6.61 Å². The first-order valence-electron chi connectivity index (χ1n) is 5.31. The van der Waals surface area contributed by atoms with Gasteiger partial charge in [-0.2, -0.15) is 0 Å². The largest absolute Gasteiger partial charge is 0.488 e. The van der Waals surface area contributed by atoms with E-state index in [1.165, 1.54) is 0 Å². The van der Waals surface area contributed by atoms with Crippen LogP contribution >= 0.6 is 11.6 Å². The van der Waals surface area contributed by atoms with Crippen LogP contribution in [0.15, 0.2) is 42.0 Å². The number of hydrogen-bond acceptors (Lipinski definition) is 1. The molecule has 0 saturated carbocycles. The molecule has 0 bridgehead atoms. The Labute approximate surface area is 102 Å². The minimum absolute atomic E-state index is 0.563. The SMILES string of the molecule is C/C=C\C=C(/C)COc1ccc(C)cc1Cl. The third-order valence-electron chi connectivity index (χ3n) is 2.12. The lowest BCUT2D eigenvalue weighted by molar-refractivity contribution is 0.352. The van der Waals surface area contributed by atoms with E-state index in [9.17, 15) is 0 Å². The predicted octanol–water partition coefficient (Wildman–Crippen LogP) is 4.55. The summed E-state index contributed by atoms with van der Waals surface area (Å²) in [5, 5.41) is 0.666. The topological polar surface area (TPSA) is 9.23 Å². The van der Waals surface area contributed by atoms with Gasteiger partial charge in [0.15, 0.2) is 0 Å². The highest BCUT2D eigenvalue weighted by Crippen LogP contribution is 2.25. The molecule has 16 heavy (non-hydrogen) atoms. The van der Waals surface area contributed by atoms with Gasteiger partial charge in [0.1, 0.15) is 12.4 Å². The van der Waals surface area contributed by atoms with Crippen LogP contribution in [-0.4, -0.2) is 6.61 Å². The molecule has 0 unspecified atom stereocenters. The van der Waals surface area contributed by atoms with E-state index in [2.05, 4.69) is 0 Å². The maximum absolute atomic E-state index is 6.06. The molecular formula is C14H17ClO. The van der Waals surface area contributed by atoms with Crippen molar-refractivity contribution < 1.29 is 4.74 Å². The quantitative estimate of drug-likeness (QED) is 0.697. The molecule has 0 aliphatic heterocycles. The lowest BCUT2D eigenvalue weighted by Crippen LogP contribution is -1.99.